The van der Waals surface area contributed by atoms with Gasteiger partial charge in [0.2, 0.25) is 0 Å². The van der Waals surface area contributed by atoms with Gasteiger partial charge >= 0.3 is 0 Å². The summed E-state index contributed by atoms with van der Waals surface area (Å²) in [6.45, 7) is 0. The molecule has 5 nitrogen and oxygen atoms in total. The number of hydrogen-bond donors (Lipinski definition) is 2. The van der Waals surface area contributed by atoms with Gasteiger partial charge in [0.15, 0.2) is 5.82 Å². The Morgan fingerprint density at radius 3 is 2.87 bits per heavy atom. The average Bonchev–Trinajstić information content (AvgIpc) is 3.10. The van der Waals surface area contributed by atoms with E-state index in [-0.39, 0.29) is 5.91 Å². The van der Waals surface area contributed by atoms with E-state index in [0.717, 1.165) is 10.5 Å². The number of carbonyl (C=O) groups is 1. The van der Waals surface area contributed by atoms with Gasteiger partial charge in [-0.25, -0.2) is 4.98 Å². The number of thioether (sulfide) groups is 1. The Kier molecular flexibility index (Phi) is 4.64. The number of hydrogen-bond acceptors (Lipinski definition) is 4. The Labute approximate surface area is 142 Å². The molecule has 2 N–H and O–H groups in total. The SMILES string of the molecule is CSc1ccc(Cl)c(C(=O)Nc2cccc(-c3ncn[nH]3)c2)c1. The molecule has 0 bridgehead atoms. The summed E-state index contributed by atoms with van der Waals surface area (Å²) in [5.41, 5.74) is 1.95. The molecule has 7 heteroatoms. The van der Waals surface area contributed by atoms with Gasteiger partial charge in [0, 0.05) is 16.1 Å². The summed E-state index contributed by atoms with van der Waals surface area (Å²) in [4.78, 5) is 17.5. The summed E-state index contributed by atoms with van der Waals surface area (Å²) in [5, 5.41) is 9.90. The molecule has 3 rings (SSSR count). The first kappa shape index (κ1) is 15.6. The lowest BCUT2D eigenvalue weighted by Gasteiger charge is -2.09. The van der Waals surface area contributed by atoms with E-state index in [1.54, 1.807) is 23.9 Å². The Morgan fingerprint density at radius 1 is 1.26 bits per heavy atom. The highest BCUT2D eigenvalue weighted by Crippen LogP contribution is 2.25. The Hall–Kier alpha value is -2.31. The molecule has 1 aromatic heterocycles. The van der Waals surface area contributed by atoms with Crippen molar-refractivity contribution in [3.05, 3.63) is 59.4 Å². The minimum absolute atomic E-state index is 0.249. The number of benzene rings is 2. The lowest BCUT2D eigenvalue weighted by molar-refractivity contribution is 0.102. The predicted molar refractivity (Wildman–Crippen MR) is 93.0 cm³/mol. The highest BCUT2D eigenvalue weighted by Gasteiger charge is 2.12. The van der Waals surface area contributed by atoms with Crippen molar-refractivity contribution < 1.29 is 4.79 Å². The number of nitrogens with zero attached hydrogens (tertiary/aromatic N) is 2. The van der Waals surface area contributed by atoms with Gasteiger partial charge in [0.1, 0.15) is 6.33 Å². The first-order chi connectivity index (χ1) is 11.2. The standard InChI is InChI=1S/C16H13ClN4OS/c1-23-12-5-6-14(17)13(8-12)16(22)20-11-4-2-3-10(7-11)15-18-9-19-21-15/h2-9H,1H3,(H,20,22)(H,18,19,21). The zero-order valence-corrected chi connectivity index (χ0v) is 13.8. The van der Waals surface area contributed by atoms with Crippen LogP contribution < -0.4 is 5.32 Å². The van der Waals surface area contributed by atoms with E-state index in [4.69, 9.17) is 11.6 Å². The van der Waals surface area contributed by atoms with Crippen molar-refractivity contribution in [1.29, 1.82) is 0 Å². The van der Waals surface area contributed by atoms with Gasteiger partial charge in [-0.05, 0) is 36.6 Å². The second kappa shape index (κ2) is 6.85. The van der Waals surface area contributed by atoms with E-state index in [2.05, 4.69) is 20.5 Å². The number of halogens is 1. The molecule has 1 heterocycles. The third-order valence-corrected chi connectivity index (χ3v) is 4.28. The van der Waals surface area contributed by atoms with E-state index >= 15 is 0 Å². The third kappa shape index (κ3) is 3.55. The number of H-pyrrole nitrogens is 1. The normalized spacial score (nSPS) is 10.5. The maximum Gasteiger partial charge on any atom is 0.257 e. The quantitative estimate of drug-likeness (QED) is 0.699. The molecule has 0 aliphatic heterocycles. The van der Waals surface area contributed by atoms with Crippen LogP contribution in [0.5, 0.6) is 0 Å². The fourth-order valence-corrected chi connectivity index (χ4v) is 2.74. The highest BCUT2D eigenvalue weighted by molar-refractivity contribution is 7.98. The summed E-state index contributed by atoms with van der Waals surface area (Å²) in [6, 6.07) is 12.8. The van der Waals surface area contributed by atoms with Crippen molar-refractivity contribution in [2.75, 3.05) is 11.6 Å². The molecule has 0 aliphatic carbocycles. The molecule has 0 radical (unpaired) electrons. The maximum atomic E-state index is 12.5. The summed E-state index contributed by atoms with van der Waals surface area (Å²) in [6.07, 6.45) is 3.39. The molecule has 0 atom stereocenters. The molecule has 0 unspecified atom stereocenters. The molecule has 116 valence electrons. The fraction of sp³-hybridized carbons (Fsp3) is 0.0625. The van der Waals surface area contributed by atoms with Crippen LogP contribution >= 0.6 is 23.4 Å². The van der Waals surface area contributed by atoms with Crippen molar-refractivity contribution in [3.63, 3.8) is 0 Å². The molecule has 0 aliphatic rings. The van der Waals surface area contributed by atoms with Gasteiger partial charge in [-0.2, -0.15) is 5.10 Å². The van der Waals surface area contributed by atoms with Crippen LogP contribution in [0.2, 0.25) is 5.02 Å². The zero-order valence-electron chi connectivity index (χ0n) is 12.2. The summed E-state index contributed by atoms with van der Waals surface area (Å²) < 4.78 is 0. The first-order valence-electron chi connectivity index (χ1n) is 6.78. The number of rotatable bonds is 4. The Balaban J connectivity index is 1.85. The maximum absolute atomic E-state index is 12.5. The van der Waals surface area contributed by atoms with Crippen LogP contribution in [-0.4, -0.2) is 27.3 Å². The largest absolute Gasteiger partial charge is 0.322 e. The molecule has 0 spiro atoms. The van der Waals surface area contributed by atoms with Crippen molar-refractivity contribution in [3.8, 4) is 11.4 Å². The molecule has 0 fully saturated rings. The van der Waals surface area contributed by atoms with Crippen LogP contribution in [0.4, 0.5) is 5.69 Å². The lowest BCUT2D eigenvalue weighted by atomic mass is 10.1. The van der Waals surface area contributed by atoms with Crippen LogP contribution in [0.1, 0.15) is 10.4 Å². The average molecular weight is 345 g/mol. The van der Waals surface area contributed by atoms with Gasteiger partial charge in [0.05, 0.1) is 10.6 Å². The zero-order chi connectivity index (χ0) is 16.2. The number of nitrogens with one attached hydrogen (secondary N) is 2. The molecule has 0 saturated carbocycles. The molecule has 1 amide bonds. The van der Waals surface area contributed by atoms with E-state index in [1.165, 1.54) is 6.33 Å². The predicted octanol–water partition coefficient (Wildman–Crippen LogP) is 4.10. The van der Waals surface area contributed by atoms with Gasteiger partial charge in [0.25, 0.3) is 5.91 Å². The molecular weight excluding hydrogens is 332 g/mol. The summed E-state index contributed by atoms with van der Waals surface area (Å²) >= 11 is 7.69. The van der Waals surface area contributed by atoms with Crippen LogP contribution in [0, 0.1) is 0 Å². The molecular formula is C16H13ClN4OS. The van der Waals surface area contributed by atoms with E-state index in [9.17, 15) is 4.79 Å². The van der Waals surface area contributed by atoms with Crippen molar-refractivity contribution in [2.45, 2.75) is 4.90 Å². The lowest BCUT2D eigenvalue weighted by Crippen LogP contribution is -2.12. The van der Waals surface area contributed by atoms with Gasteiger partial charge in [-0.1, -0.05) is 23.7 Å². The first-order valence-corrected chi connectivity index (χ1v) is 8.38. The smallest absolute Gasteiger partial charge is 0.257 e. The Morgan fingerprint density at radius 2 is 2.13 bits per heavy atom. The van der Waals surface area contributed by atoms with Gasteiger partial charge in [-0.3, -0.25) is 9.89 Å². The van der Waals surface area contributed by atoms with Crippen molar-refractivity contribution in [2.24, 2.45) is 0 Å². The van der Waals surface area contributed by atoms with Crippen LogP contribution in [0.3, 0.4) is 0 Å². The molecule has 0 saturated heterocycles. The molecule has 3 aromatic rings. The highest BCUT2D eigenvalue weighted by atomic mass is 35.5. The van der Waals surface area contributed by atoms with Crippen molar-refractivity contribution >= 4 is 35.0 Å². The number of aromatic amines is 1. The minimum Gasteiger partial charge on any atom is -0.322 e. The van der Waals surface area contributed by atoms with Crippen LogP contribution in [0.15, 0.2) is 53.7 Å². The van der Waals surface area contributed by atoms with Gasteiger partial charge in [-0.15, -0.1) is 11.8 Å². The van der Waals surface area contributed by atoms with E-state index in [0.29, 0.717) is 22.1 Å². The minimum atomic E-state index is -0.249. The topological polar surface area (TPSA) is 70.7 Å². The number of carbonyl (C=O) groups excluding carboxylic acids is 1. The van der Waals surface area contributed by atoms with Crippen LogP contribution in [-0.2, 0) is 0 Å². The summed E-state index contributed by atoms with van der Waals surface area (Å²) in [5.74, 6) is 0.393. The van der Waals surface area contributed by atoms with Crippen LogP contribution in [0.25, 0.3) is 11.4 Å². The van der Waals surface area contributed by atoms with E-state index < -0.39 is 0 Å². The monoisotopic (exact) mass is 344 g/mol. The van der Waals surface area contributed by atoms with Crippen molar-refractivity contribution in [1.82, 2.24) is 15.2 Å². The Bertz CT molecular complexity index is 836. The summed E-state index contributed by atoms with van der Waals surface area (Å²) in [7, 11) is 0. The third-order valence-electron chi connectivity index (χ3n) is 3.23. The molecule has 23 heavy (non-hydrogen) atoms. The second-order valence-electron chi connectivity index (χ2n) is 4.71. The number of amides is 1. The second-order valence-corrected chi connectivity index (χ2v) is 6.00. The van der Waals surface area contributed by atoms with E-state index in [1.807, 2.05) is 36.6 Å². The number of aromatic nitrogens is 3. The molecule has 2 aromatic carbocycles. The van der Waals surface area contributed by atoms with Gasteiger partial charge < -0.3 is 5.32 Å². The fourth-order valence-electron chi connectivity index (χ4n) is 2.09. The number of anilines is 1.